The summed E-state index contributed by atoms with van der Waals surface area (Å²) < 4.78 is 0. The van der Waals surface area contributed by atoms with Crippen LogP contribution in [-0.2, 0) is 14.4 Å². The van der Waals surface area contributed by atoms with Gasteiger partial charge in [0, 0.05) is 6.92 Å². The fraction of sp³-hybridized carbons (Fsp3) is 0.778. The van der Waals surface area contributed by atoms with Gasteiger partial charge in [0.1, 0.15) is 0 Å². The Morgan fingerprint density at radius 3 is 2.57 bits per heavy atom. The molecule has 14 heavy (non-hydrogen) atoms. The van der Waals surface area contributed by atoms with Crippen LogP contribution in [0, 0.1) is 5.92 Å². The Morgan fingerprint density at radius 1 is 1.36 bits per heavy atom. The van der Waals surface area contributed by atoms with Gasteiger partial charge in [0.05, 0.1) is 12.0 Å². The van der Waals surface area contributed by atoms with E-state index in [1.807, 2.05) is 0 Å². The number of amides is 2. The minimum absolute atomic E-state index is 0.259. The third-order valence-corrected chi connectivity index (χ3v) is 2.42. The summed E-state index contributed by atoms with van der Waals surface area (Å²) in [5.41, 5.74) is 7.49. The average molecular weight is 200 g/mol. The average Bonchev–Trinajstić information content (AvgIpc) is 2.15. The topological polar surface area (TPSA) is 81.4 Å². The van der Waals surface area contributed by atoms with Crippen molar-refractivity contribution in [3.63, 3.8) is 0 Å². The van der Waals surface area contributed by atoms with E-state index >= 15 is 0 Å². The minimum Gasteiger partial charge on any atom is -0.369 e. The first-order valence-electron chi connectivity index (χ1n) is 4.83. The fourth-order valence-corrected chi connectivity index (χ4v) is 1.72. The van der Waals surface area contributed by atoms with Crippen LogP contribution >= 0.6 is 0 Å². The Balaban J connectivity index is 2.45. The van der Waals surface area contributed by atoms with Crippen molar-refractivity contribution in [2.24, 2.45) is 11.7 Å². The molecule has 0 aromatic heterocycles. The molecule has 0 aromatic carbocycles. The number of carbonyl (C=O) groups is 2. The first-order valence-corrected chi connectivity index (χ1v) is 4.83. The highest BCUT2D eigenvalue weighted by molar-refractivity contribution is 5.77. The molecule has 0 spiro atoms. The molecule has 0 saturated heterocycles. The molecule has 0 aromatic rings. The van der Waals surface area contributed by atoms with Crippen LogP contribution in [0.2, 0.25) is 0 Å². The quantitative estimate of drug-likeness (QED) is 0.634. The smallest absolute Gasteiger partial charge is 0.240 e. The fourth-order valence-electron chi connectivity index (χ4n) is 1.72. The van der Waals surface area contributed by atoms with Crippen LogP contribution in [0.4, 0.5) is 0 Å². The predicted molar refractivity (Wildman–Crippen MR) is 49.8 cm³/mol. The number of nitrogens with one attached hydrogen (secondary N) is 1. The molecule has 0 radical (unpaired) electrons. The maximum atomic E-state index is 11.0. The summed E-state index contributed by atoms with van der Waals surface area (Å²) in [6, 6.07) is 0. The van der Waals surface area contributed by atoms with Crippen molar-refractivity contribution in [1.29, 1.82) is 0 Å². The highest BCUT2D eigenvalue weighted by atomic mass is 16.7. The molecular weight excluding hydrogens is 184 g/mol. The van der Waals surface area contributed by atoms with E-state index in [9.17, 15) is 9.59 Å². The lowest BCUT2D eigenvalue weighted by atomic mass is 9.86. The first kappa shape index (κ1) is 11.0. The van der Waals surface area contributed by atoms with Gasteiger partial charge in [-0.3, -0.25) is 14.4 Å². The number of nitrogens with two attached hydrogens (primary N) is 1. The van der Waals surface area contributed by atoms with Crippen LogP contribution in [-0.4, -0.2) is 17.9 Å². The number of hydrogen-bond donors (Lipinski definition) is 2. The van der Waals surface area contributed by atoms with E-state index < -0.39 is 0 Å². The highest BCUT2D eigenvalue weighted by Gasteiger charge is 2.30. The lowest BCUT2D eigenvalue weighted by Gasteiger charge is -2.28. The van der Waals surface area contributed by atoms with Gasteiger partial charge in [-0.1, -0.05) is 12.8 Å². The van der Waals surface area contributed by atoms with Crippen LogP contribution in [0.5, 0.6) is 0 Å². The Kier molecular flexibility index (Phi) is 3.88. The van der Waals surface area contributed by atoms with Crippen LogP contribution in [0.15, 0.2) is 0 Å². The summed E-state index contributed by atoms with van der Waals surface area (Å²) in [5, 5.41) is 0. The van der Waals surface area contributed by atoms with E-state index in [0.717, 1.165) is 25.7 Å². The summed E-state index contributed by atoms with van der Waals surface area (Å²) >= 11 is 0. The summed E-state index contributed by atoms with van der Waals surface area (Å²) in [6.45, 7) is 1.36. The Labute approximate surface area is 82.9 Å². The Morgan fingerprint density at radius 2 is 2.00 bits per heavy atom. The number of hydroxylamine groups is 1. The molecule has 1 fully saturated rings. The zero-order chi connectivity index (χ0) is 10.6. The van der Waals surface area contributed by atoms with Gasteiger partial charge in [-0.2, -0.15) is 0 Å². The molecule has 5 heteroatoms. The third-order valence-electron chi connectivity index (χ3n) is 2.42. The summed E-state index contributed by atoms with van der Waals surface area (Å²) in [5.74, 6) is -0.880. The van der Waals surface area contributed by atoms with Gasteiger partial charge >= 0.3 is 0 Å². The second-order valence-corrected chi connectivity index (χ2v) is 3.61. The molecule has 0 bridgehead atoms. The van der Waals surface area contributed by atoms with Crippen molar-refractivity contribution in [2.45, 2.75) is 38.7 Å². The normalized spacial score (nSPS) is 26.9. The van der Waals surface area contributed by atoms with Crippen LogP contribution in [0.25, 0.3) is 0 Å². The second-order valence-electron chi connectivity index (χ2n) is 3.61. The Bertz CT molecular complexity index is 230. The number of hydrogen-bond acceptors (Lipinski definition) is 3. The van der Waals surface area contributed by atoms with E-state index in [2.05, 4.69) is 5.48 Å². The van der Waals surface area contributed by atoms with Crippen molar-refractivity contribution in [1.82, 2.24) is 5.48 Å². The molecule has 80 valence electrons. The van der Waals surface area contributed by atoms with E-state index in [-0.39, 0.29) is 23.8 Å². The van der Waals surface area contributed by atoms with E-state index in [1.54, 1.807) is 0 Å². The lowest BCUT2D eigenvalue weighted by Crippen LogP contribution is -2.41. The molecule has 1 aliphatic carbocycles. The molecule has 5 nitrogen and oxygen atoms in total. The van der Waals surface area contributed by atoms with Gasteiger partial charge in [0.2, 0.25) is 11.8 Å². The van der Waals surface area contributed by atoms with E-state index in [4.69, 9.17) is 10.6 Å². The van der Waals surface area contributed by atoms with Gasteiger partial charge < -0.3 is 5.73 Å². The standard InChI is InChI=1S/C9H16N2O3/c1-6(12)11-14-8-5-3-2-4-7(8)9(10)13/h7-8H,2-5H2,1H3,(H2,10,13)(H,11,12). The molecule has 1 rings (SSSR count). The maximum Gasteiger partial charge on any atom is 0.240 e. The highest BCUT2D eigenvalue weighted by Crippen LogP contribution is 2.25. The zero-order valence-corrected chi connectivity index (χ0v) is 8.29. The first-order chi connectivity index (χ1) is 6.61. The monoisotopic (exact) mass is 200 g/mol. The molecule has 2 atom stereocenters. The molecule has 2 unspecified atom stereocenters. The summed E-state index contributed by atoms with van der Waals surface area (Å²) in [7, 11) is 0. The maximum absolute atomic E-state index is 11.0. The van der Waals surface area contributed by atoms with Gasteiger partial charge in [0.15, 0.2) is 0 Å². The molecule has 2 amide bonds. The van der Waals surface area contributed by atoms with Crippen molar-refractivity contribution in [2.75, 3.05) is 0 Å². The SMILES string of the molecule is CC(=O)NOC1CCCCC1C(N)=O. The number of rotatable bonds is 3. The van der Waals surface area contributed by atoms with Crippen LogP contribution in [0.1, 0.15) is 32.6 Å². The molecule has 1 saturated carbocycles. The molecule has 0 heterocycles. The second kappa shape index (κ2) is 4.95. The van der Waals surface area contributed by atoms with Crippen molar-refractivity contribution < 1.29 is 14.4 Å². The van der Waals surface area contributed by atoms with Crippen molar-refractivity contribution in [3.8, 4) is 0 Å². The Hall–Kier alpha value is -1.10. The predicted octanol–water partition coefficient (Wildman–Crippen LogP) is 0.0982. The zero-order valence-electron chi connectivity index (χ0n) is 8.29. The summed E-state index contributed by atoms with van der Waals surface area (Å²) in [6.07, 6.45) is 3.26. The van der Waals surface area contributed by atoms with E-state index in [0.29, 0.717) is 0 Å². The van der Waals surface area contributed by atoms with Gasteiger partial charge in [0.25, 0.3) is 0 Å². The lowest BCUT2D eigenvalue weighted by molar-refractivity contribution is -0.148. The largest absolute Gasteiger partial charge is 0.369 e. The number of primary amides is 1. The van der Waals surface area contributed by atoms with Crippen LogP contribution in [0.3, 0.4) is 0 Å². The van der Waals surface area contributed by atoms with Crippen LogP contribution < -0.4 is 11.2 Å². The van der Waals surface area contributed by atoms with E-state index in [1.165, 1.54) is 6.92 Å². The minimum atomic E-state index is -0.347. The van der Waals surface area contributed by atoms with Crippen molar-refractivity contribution in [3.05, 3.63) is 0 Å². The van der Waals surface area contributed by atoms with Gasteiger partial charge in [-0.05, 0) is 12.8 Å². The van der Waals surface area contributed by atoms with Crippen molar-refractivity contribution >= 4 is 11.8 Å². The molecule has 0 aliphatic heterocycles. The molecular formula is C9H16N2O3. The molecule has 3 N–H and O–H groups in total. The number of carbonyl (C=O) groups excluding carboxylic acids is 2. The van der Waals surface area contributed by atoms with Gasteiger partial charge in [-0.15, -0.1) is 0 Å². The molecule has 1 aliphatic rings. The third kappa shape index (κ3) is 2.99. The van der Waals surface area contributed by atoms with Gasteiger partial charge in [-0.25, -0.2) is 5.48 Å². The summed E-state index contributed by atoms with van der Waals surface area (Å²) in [4.78, 5) is 26.8.